The Morgan fingerprint density at radius 3 is 2.63 bits per heavy atom. The van der Waals surface area contributed by atoms with Crippen LogP contribution in [0.5, 0.6) is 0 Å². The fourth-order valence-electron chi connectivity index (χ4n) is 1.88. The molecule has 1 atom stereocenters. The van der Waals surface area contributed by atoms with Crippen LogP contribution in [0.25, 0.3) is 0 Å². The number of hydrogen-bond acceptors (Lipinski definition) is 3. The quantitative estimate of drug-likeness (QED) is 0.829. The minimum absolute atomic E-state index is 0.113. The fraction of sp³-hybridized carbons (Fsp3) is 0.286. The normalized spacial score (nSPS) is 12.2. The number of nitrogens with zero attached hydrogens (tertiary/aromatic N) is 2. The Balaban J connectivity index is 2.17. The van der Waals surface area contributed by atoms with Gasteiger partial charge in [0.15, 0.2) is 0 Å². The van der Waals surface area contributed by atoms with E-state index in [1.165, 1.54) is 0 Å². The topological polar surface area (TPSA) is 72.9 Å². The van der Waals surface area contributed by atoms with Crippen molar-refractivity contribution in [2.24, 2.45) is 0 Å². The number of aryl methyl sites for hydroxylation is 1. The van der Waals surface area contributed by atoms with Gasteiger partial charge in [-0.05, 0) is 32.9 Å². The third-order valence-corrected chi connectivity index (χ3v) is 3.30. The van der Waals surface area contributed by atoms with Crippen LogP contribution >= 0.6 is 0 Å². The second-order valence-corrected chi connectivity index (χ2v) is 4.58. The lowest BCUT2D eigenvalue weighted by molar-refractivity contribution is -0.118. The Labute approximate surface area is 112 Å². The van der Waals surface area contributed by atoms with E-state index in [-0.39, 0.29) is 11.9 Å². The number of nitrogen functional groups attached to an aromatic ring is 1. The van der Waals surface area contributed by atoms with Gasteiger partial charge >= 0.3 is 0 Å². The van der Waals surface area contributed by atoms with Crippen LogP contribution in [0.4, 0.5) is 11.4 Å². The first-order chi connectivity index (χ1) is 9.00. The number of nitrogens with two attached hydrogens (primary N) is 1. The molecule has 0 aliphatic carbocycles. The molecule has 0 aliphatic heterocycles. The summed E-state index contributed by atoms with van der Waals surface area (Å²) in [6.07, 6.45) is 1.68. The smallest absolute Gasteiger partial charge is 0.247 e. The molecule has 2 aromatic rings. The Hall–Kier alpha value is -2.30. The summed E-state index contributed by atoms with van der Waals surface area (Å²) in [5.74, 6) is -0.113. The van der Waals surface area contributed by atoms with Crippen molar-refractivity contribution in [2.75, 3.05) is 11.1 Å². The minimum atomic E-state index is -0.333. The molecule has 0 bridgehead atoms. The van der Waals surface area contributed by atoms with E-state index >= 15 is 0 Å². The van der Waals surface area contributed by atoms with Gasteiger partial charge in [0, 0.05) is 5.69 Å². The van der Waals surface area contributed by atoms with E-state index in [4.69, 9.17) is 5.73 Å². The molecular weight excluding hydrogens is 240 g/mol. The summed E-state index contributed by atoms with van der Waals surface area (Å²) in [5.41, 5.74) is 8.92. The van der Waals surface area contributed by atoms with E-state index in [9.17, 15) is 4.79 Å². The van der Waals surface area contributed by atoms with E-state index in [2.05, 4.69) is 10.3 Å². The van der Waals surface area contributed by atoms with Gasteiger partial charge in [-0.15, -0.1) is 0 Å². The minimum Gasteiger partial charge on any atom is -0.397 e. The number of carbonyl (C=O) groups excluding carboxylic acids is 1. The first-order valence-corrected chi connectivity index (χ1v) is 6.16. The van der Waals surface area contributed by atoms with Crippen LogP contribution in [-0.4, -0.2) is 15.5 Å². The van der Waals surface area contributed by atoms with Gasteiger partial charge in [0.05, 0.1) is 23.4 Å². The van der Waals surface area contributed by atoms with E-state index in [1.54, 1.807) is 18.5 Å². The van der Waals surface area contributed by atoms with Crippen molar-refractivity contribution in [1.29, 1.82) is 0 Å². The summed E-state index contributed by atoms with van der Waals surface area (Å²) in [6, 6.07) is 6.88. The molecule has 0 fully saturated rings. The van der Waals surface area contributed by atoms with Gasteiger partial charge in [0.1, 0.15) is 6.04 Å². The molecule has 1 aromatic heterocycles. The Kier molecular flexibility index (Phi) is 3.55. The number of para-hydroxylation sites is 2. The van der Waals surface area contributed by atoms with Crippen molar-refractivity contribution < 1.29 is 4.79 Å². The van der Waals surface area contributed by atoms with Crippen LogP contribution in [0, 0.1) is 13.8 Å². The fourth-order valence-corrected chi connectivity index (χ4v) is 1.88. The zero-order chi connectivity index (χ0) is 14.0. The molecule has 1 amide bonds. The number of rotatable bonds is 3. The Bertz CT molecular complexity index is 603. The number of carbonyl (C=O) groups is 1. The van der Waals surface area contributed by atoms with Crippen molar-refractivity contribution in [3.8, 4) is 0 Å². The van der Waals surface area contributed by atoms with Crippen LogP contribution in [0.3, 0.4) is 0 Å². The number of aromatic nitrogens is 2. The predicted molar refractivity (Wildman–Crippen MR) is 75.9 cm³/mol. The summed E-state index contributed by atoms with van der Waals surface area (Å²) < 4.78 is 1.85. The Morgan fingerprint density at radius 2 is 2.05 bits per heavy atom. The van der Waals surface area contributed by atoms with E-state index in [0.29, 0.717) is 11.4 Å². The van der Waals surface area contributed by atoms with Crippen molar-refractivity contribution in [2.45, 2.75) is 26.8 Å². The lowest BCUT2D eigenvalue weighted by Gasteiger charge is -2.16. The number of hydrogen-bond donors (Lipinski definition) is 2. The summed E-state index contributed by atoms with van der Waals surface area (Å²) in [7, 11) is 0. The second-order valence-electron chi connectivity index (χ2n) is 4.58. The second kappa shape index (κ2) is 5.14. The van der Waals surface area contributed by atoms with Crippen LogP contribution in [0.2, 0.25) is 0 Å². The molecule has 0 aliphatic rings. The first-order valence-electron chi connectivity index (χ1n) is 6.16. The largest absolute Gasteiger partial charge is 0.397 e. The molecule has 0 saturated carbocycles. The van der Waals surface area contributed by atoms with Gasteiger partial charge < -0.3 is 15.6 Å². The number of benzene rings is 1. The molecule has 5 nitrogen and oxygen atoms in total. The SMILES string of the molecule is Cc1ncn(C(C)C(=O)Nc2ccccc2N)c1C. The molecule has 0 radical (unpaired) electrons. The molecule has 3 N–H and O–H groups in total. The third-order valence-electron chi connectivity index (χ3n) is 3.30. The zero-order valence-electron chi connectivity index (χ0n) is 11.3. The molecule has 100 valence electrons. The molecule has 0 saturated heterocycles. The highest BCUT2D eigenvalue weighted by Gasteiger charge is 2.18. The molecular formula is C14H18N4O. The number of anilines is 2. The molecule has 5 heteroatoms. The van der Waals surface area contributed by atoms with Crippen LogP contribution < -0.4 is 11.1 Å². The van der Waals surface area contributed by atoms with E-state index < -0.39 is 0 Å². The molecule has 1 unspecified atom stereocenters. The number of nitrogens with one attached hydrogen (secondary N) is 1. The zero-order valence-corrected chi connectivity index (χ0v) is 11.3. The maximum Gasteiger partial charge on any atom is 0.247 e. The lowest BCUT2D eigenvalue weighted by Crippen LogP contribution is -2.24. The molecule has 2 rings (SSSR count). The van der Waals surface area contributed by atoms with Gasteiger partial charge in [-0.3, -0.25) is 4.79 Å². The summed E-state index contributed by atoms with van der Waals surface area (Å²) in [4.78, 5) is 16.4. The highest BCUT2D eigenvalue weighted by Crippen LogP contribution is 2.20. The van der Waals surface area contributed by atoms with Crippen LogP contribution in [0.1, 0.15) is 24.4 Å². The molecule has 0 spiro atoms. The van der Waals surface area contributed by atoms with Gasteiger partial charge in [-0.1, -0.05) is 12.1 Å². The number of amides is 1. The van der Waals surface area contributed by atoms with Crippen LogP contribution in [-0.2, 0) is 4.79 Å². The van der Waals surface area contributed by atoms with E-state index in [0.717, 1.165) is 11.4 Å². The van der Waals surface area contributed by atoms with Crippen molar-refractivity contribution in [3.05, 3.63) is 42.0 Å². The molecule has 1 aromatic carbocycles. The highest BCUT2D eigenvalue weighted by molar-refractivity contribution is 5.96. The average molecular weight is 258 g/mol. The van der Waals surface area contributed by atoms with Crippen molar-refractivity contribution in [3.63, 3.8) is 0 Å². The molecule has 19 heavy (non-hydrogen) atoms. The van der Waals surface area contributed by atoms with Gasteiger partial charge in [0.2, 0.25) is 5.91 Å². The summed E-state index contributed by atoms with van der Waals surface area (Å²) in [6.45, 7) is 5.71. The maximum absolute atomic E-state index is 12.2. The average Bonchev–Trinajstić information content (AvgIpc) is 2.72. The standard InChI is InChI=1S/C14H18N4O/c1-9-10(2)18(8-16-9)11(3)14(19)17-13-7-5-4-6-12(13)15/h4-8,11H,15H2,1-3H3,(H,17,19). The first kappa shape index (κ1) is 13.1. The van der Waals surface area contributed by atoms with E-state index in [1.807, 2.05) is 37.5 Å². The lowest BCUT2D eigenvalue weighted by atomic mass is 10.2. The van der Waals surface area contributed by atoms with Gasteiger partial charge in [0.25, 0.3) is 0 Å². The van der Waals surface area contributed by atoms with Gasteiger partial charge in [-0.2, -0.15) is 0 Å². The highest BCUT2D eigenvalue weighted by atomic mass is 16.2. The summed E-state index contributed by atoms with van der Waals surface area (Å²) >= 11 is 0. The maximum atomic E-state index is 12.2. The third kappa shape index (κ3) is 2.59. The van der Waals surface area contributed by atoms with Crippen LogP contribution in [0.15, 0.2) is 30.6 Å². The number of imidazole rings is 1. The molecule has 1 heterocycles. The summed E-state index contributed by atoms with van der Waals surface area (Å²) in [5, 5.41) is 2.83. The van der Waals surface area contributed by atoms with Gasteiger partial charge in [-0.25, -0.2) is 4.98 Å². The van der Waals surface area contributed by atoms with Crippen molar-refractivity contribution in [1.82, 2.24) is 9.55 Å². The predicted octanol–water partition coefficient (Wildman–Crippen LogP) is 2.28. The Morgan fingerprint density at radius 1 is 1.37 bits per heavy atom. The monoisotopic (exact) mass is 258 g/mol. The van der Waals surface area contributed by atoms with Crippen molar-refractivity contribution >= 4 is 17.3 Å².